The van der Waals surface area contributed by atoms with Crippen molar-refractivity contribution in [2.45, 2.75) is 39.3 Å². The van der Waals surface area contributed by atoms with E-state index in [0.29, 0.717) is 55.6 Å². The summed E-state index contributed by atoms with van der Waals surface area (Å²) in [5.74, 6) is 0.492. The topological polar surface area (TPSA) is 157 Å². The van der Waals surface area contributed by atoms with Gasteiger partial charge in [-0.2, -0.15) is 4.98 Å². The van der Waals surface area contributed by atoms with E-state index in [2.05, 4.69) is 49.3 Å². The molecule has 0 saturated carbocycles. The summed E-state index contributed by atoms with van der Waals surface area (Å²) in [7, 11) is 0. The number of nitrogens with zero attached hydrogens (tertiary/aromatic N) is 8. The maximum Gasteiger partial charge on any atom is 0.291 e. The van der Waals surface area contributed by atoms with E-state index in [4.69, 9.17) is 15.5 Å². The van der Waals surface area contributed by atoms with Crippen LogP contribution in [0.1, 0.15) is 42.0 Å². The number of ether oxygens (including phenoxy) is 1. The van der Waals surface area contributed by atoms with Crippen LogP contribution in [0.4, 0.5) is 17.5 Å². The molecule has 0 spiro atoms. The van der Waals surface area contributed by atoms with E-state index in [1.807, 2.05) is 35.2 Å². The molecule has 0 unspecified atom stereocenters. The maximum absolute atomic E-state index is 13.2. The number of amides is 2. The van der Waals surface area contributed by atoms with Gasteiger partial charge in [0.1, 0.15) is 0 Å². The average molecular weight is 619 g/mol. The summed E-state index contributed by atoms with van der Waals surface area (Å²) in [6.07, 6.45) is 6.79. The zero-order valence-corrected chi connectivity index (χ0v) is 25.7. The normalized spacial score (nSPS) is 16.3. The molecule has 3 N–H and O–H groups in total. The molecule has 5 aromatic rings. The van der Waals surface area contributed by atoms with E-state index in [9.17, 15) is 9.59 Å². The van der Waals surface area contributed by atoms with Crippen molar-refractivity contribution in [3.63, 3.8) is 0 Å². The van der Waals surface area contributed by atoms with Crippen molar-refractivity contribution in [1.82, 2.24) is 34.9 Å². The van der Waals surface area contributed by atoms with Gasteiger partial charge in [0, 0.05) is 56.2 Å². The van der Waals surface area contributed by atoms with Crippen molar-refractivity contribution >= 4 is 34.9 Å². The second-order valence-corrected chi connectivity index (χ2v) is 11.6. The Labute approximate surface area is 265 Å². The Morgan fingerprint density at radius 2 is 1.74 bits per heavy atom. The van der Waals surface area contributed by atoms with E-state index >= 15 is 0 Å². The third-order valence-corrected chi connectivity index (χ3v) is 8.47. The minimum atomic E-state index is -0.392. The lowest BCUT2D eigenvalue weighted by molar-refractivity contribution is -0.117. The van der Waals surface area contributed by atoms with Gasteiger partial charge in [-0.15, -0.1) is 5.10 Å². The van der Waals surface area contributed by atoms with Gasteiger partial charge >= 0.3 is 0 Å². The fourth-order valence-corrected chi connectivity index (χ4v) is 6.06. The molecule has 1 atom stereocenters. The second-order valence-electron chi connectivity index (χ2n) is 11.6. The van der Waals surface area contributed by atoms with Crippen LogP contribution in [-0.2, 0) is 22.5 Å². The van der Waals surface area contributed by atoms with Crippen molar-refractivity contribution < 1.29 is 14.3 Å². The molecule has 2 aromatic carbocycles. The monoisotopic (exact) mass is 618 g/mol. The molecule has 2 aliphatic rings. The quantitative estimate of drug-likeness (QED) is 0.289. The number of morpholine rings is 1. The number of hydrogen-bond donors (Lipinski definition) is 2. The highest BCUT2D eigenvalue weighted by molar-refractivity contribution is 5.94. The van der Waals surface area contributed by atoms with Gasteiger partial charge in [0.15, 0.2) is 11.5 Å². The molecule has 13 nitrogen and oxygen atoms in total. The summed E-state index contributed by atoms with van der Waals surface area (Å²) < 4.78 is 7.10. The maximum atomic E-state index is 13.2. The zero-order valence-electron chi connectivity index (χ0n) is 25.7. The van der Waals surface area contributed by atoms with Crippen LogP contribution in [0.5, 0.6) is 0 Å². The molecule has 1 saturated heterocycles. The minimum Gasteiger partial charge on any atom is -0.378 e. The molecule has 0 radical (unpaired) electrons. The second kappa shape index (κ2) is 12.2. The van der Waals surface area contributed by atoms with Gasteiger partial charge in [-0.3, -0.25) is 9.59 Å². The predicted molar refractivity (Wildman–Crippen MR) is 173 cm³/mol. The van der Waals surface area contributed by atoms with Crippen LogP contribution in [-0.4, -0.2) is 73.7 Å². The van der Waals surface area contributed by atoms with Crippen LogP contribution in [0.15, 0.2) is 61.1 Å². The van der Waals surface area contributed by atoms with Crippen molar-refractivity contribution in [2.75, 3.05) is 41.8 Å². The predicted octanol–water partition coefficient (Wildman–Crippen LogP) is 3.28. The van der Waals surface area contributed by atoms with Crippen LogP contribution in [0.2, 0.25) is 0 Å². The largest absolute Gasteiger partial charge is 0.378 e. The summed E-state index contributed by atoms with van der Waals surface area (Å²) >= 11 is 0. The number of anilines is 3. The number of rotatable bonds is 6. The van der Waals surface area contributed by atoms with Crippen molar-refractivity contribution in [1.29, 1.82) is 0 Å². The van der Waals surface area contributed by atoms with Gasteiger partial charge in [-0.05, 0) is 54.2 Å². The van der Waals surface area contributed by atoms with Crippen molar-refractivity contribution in [3.05, 3.63) is 78.0 Å². The summed E-state index contributed by atoms with van der Waals surface area (Å²) in [5.41, 5.74) is 12.7. The van der Waals surface area contributed by atoms with E-state index in [0.717, 1.165) is 35.2 Å². The molecule has 46 heavy (non-hydrogen) atoms. The SMILES string of the molecule is CC(=O)N1c2ccc(-c3ccc(CNC(=O)c4nc5c(N6CCOCC6)nc(-c6cnc(N)nc6)cn5n4)cc3)cc2CC[C@@H]1C. The van der Waals surface area contributed by atoms with Gasteiger partial charge in [-0.1, -0.05) is 30.3 Å². The first-order valence-electron chi connectivity index (χ1n) is 15.3. The number of aromatic nitrogens is 6. The van der Waals surface area contributed by atoms with Gasteiger partial charge in [0.2, 0.25) is 17.7 Å². The molecule has 0 aliphatic carbocycles. The first-order valence-corrected chi connectivity index (χ1v) is 15.3. The minimum absolute atomic E-state index is 0.0432. The number of benzene rings is 2. The Kier molecular flexibility index (Phi) is 7.74. The van der Waals surface area contributed by atoms with E-state index in [1.165, 1.54) is 5.56 Å². The first-order chi connectivity index (χ1) is 22.3. The Balaban J connectivity index is 1.08. The lowest BCUT2D eigenvalue weighted by Crippen LogP contribution is -2.40. The van der Waals surface area contributed by atoms with Gasteiger partial charge in [0.05, 0.1) is 25.1 Å². The van der Waals surface area contributed by atoms with Crippen LogP contribution < -0.4 is 20.9 Å². The molecular formula is C33H34N10O3. The van der Waals surface area contributed by atoms with E-state index < -0.39 is 5.91 Å². The third-order valence-electron chi connectivity index (χ3n) is 8.47. The number of carbonyl (C=O) groups is 2. The Bertz CT molecular complexity index is 1920. The van der Waals surface area contributed by atoms with Crippen LogP contribution >= 0.6 is 0 Å². The molecule has 0 bridgehead atoms. The lowest BCUT2D eigenvalue weighted by atomic mass is 9.93. The first kappa shape index (κ1) is 29.3. The highest BCUT2D eigenvalue weighted by Gasteiger charge is 2.26. The Morgan fingerprint density at radius 3 is 2.48 bits per heavy atom. The van der Waals surface area contributed by atoms with Crippen LogP contribution in [0, 0.1) is 0 Å². The highest BCUT2D eigenvalue weighted by Crippen LogP contribution is 2.34. The fourth-order valence-electron chi connectivity index (χ4n) is 6.06. The molecule has 3 aromatic heterocycles. The van der Waals surface area contributed by atoms with E-state index in [-0.39, 0.29) is 23.7 Å². The molecule has 1 fully saturated rings. The Hall–Kier alpha value is -5.43. The summed E-state index contributed by atoms with van der Waals surface area (Å²) in [6, 6.07) is 14.6. The van der Waals surface area contributed by atoms with Gasteiger partial charge in [0.25, 0.3) is 5.91 Å². The number of carbonyl (C=O) groups excluding carboxylic acids is 2. The molecule has 2 amide bonds. The number of nitrogens with one attached hydrogen (secondary N) is 1. The molecule has 2 aliphatic heterocycles. The zero-order chi connectivity index (χ0) is 31.8. The number of hydrogen-bond acceptors (Lipinski definition) is 10. The van der Waals surface area contributed by atoms with Gasteiger partial charge in [-0.25, -0.2) is 19.5 Å². The van der Waals surface area contributed by atoms with Crippen LogP contribution in [0.25, 0.3) is 28.0 Å². The van der Waals surface area contributed by atoms with Crippen molar-refractivity contribution in [3.8, 4) is 22.4 Å². The lowest BCUT2D eigenvalue weighted by Gasteiger charge is -2.34. The standard InChI is InChI=1S/C33H34N10O3/c1-20-3-6-25-15-24(9-10-28(25)43(20)21(2)44)23-7-4-22(5-8-23)16-35-32(45)29-39-31-30(41-11-13-46-14-12-41)38-27(19-42(31)40-29)26-17-36-33(34)37-18-26/h4-5,7-10,15,17-20H,3,6,11-14,16H2,1-2H3,(H,35,45)(H2,34,36,37)/t20-/m0/s1. The summed E-state index contributed by atoms with van der Waals surface area (Å²) in [4.78, 5) is 47.0. The highest BCUT2D eigenvalue weighted by atomic mass is 16.5. The summed E-state index contributed by atoms with van der Waals surface area (Å²) in [5, 5.41) is 7.44. The summed E-state index contributed by atoms with van der Waals surface area (Å²) in [6.45, 7) is 6.42. The third kappa shape index (κ3) is 5.72. The average Bonchev–Trinajstić information content (AvgIpc) is 3.52. The molecule has 7 rings (SSSR count). The smallest absolute Gasteiger partial charge is 0.291 e. The molecular weight excluding hydrogens is 584 g/mol. The molecule has 13 heteroatoms. The van der Waals surface area contributed by atoms with E-state index in [1.54, 1.807) is 30.0 Å². The molecule has 234 valence electrons. The number of fused-ring (bicyclic) bond motifs is 2. The van der Waals surface area contributed by atoms with Crippen LogP contribution in [0.3, 0.4) is 0 Å². The molecule has 5 heterocycles. The van der Waals surface area contributed by atoms with Crippen molar-refractivity contribution in [2.24, 2.45) is 0 Å². The number of nitrogens with two attached hydrogens (primary N) is 1. The Morgan fingerprint density at radius 1 is 1.00 bits per heavy atom. The number of aryl methyl sites for hydroxylation is 1. The number of nitrogen functional groups attached to an aromatic ring is 1. The van der Waals surface area contributed by atoms with Gasteiger partial charge < -0.3 is 25.6 Å². The fraction of sp³-hybridized carbons (Fsp3) is 0.303.